The number of hydrogen-bond donors (Lipinski definition) is 0. The van der Waals surface area contributed by atoms with Crippen LogP contribution in [0.15, 0.2) is 53.6 Å². The first-order valence-corrected chi connectivity index (χ1v) is 5.96. The Labute approximate surface area is 97.1 Å². The molecule has 0 radical (unpaired) electrons. The molecule has 1 aliphatic carbocycles. The van der Waals surface area contributed by atoms with E-state index in [0.29, 0.717) is 5.92 Å². The van der Waals surface area contributed by atoms with E-state index in [1.807, 2.05) is 0 Å². The van der Waals surface area contributed by atoms with Crippen LogP contribution in [-0.4, -0.2) is 25.0 Å². The van der Waals surface area contributed by atoms with Gasteiger partial charge in [0.15, 0.2) is 0 Å². The summed E-state index contributed by atoms with van der Waals surface area (Å²) < 4.78 is 0. The smallest absolute Gasteiger partial charge is 0.0234 e. The van der Waals surface area contributed by atoms with Crippen molar-refractivity contribution in [2.75, 3.05) is 20.1 Å². The molecule has 1 nitrogen and oxygen atoms in total. The quantitative estimate of drug-likeness (QED) is 0.690. The van der Waals surface area contributed by atoms with Crippen molar-refractivity contribution in [3.05, 3.63) is 59.2 Å². The molecule has 3 rings (SSSR count). The Balaban J connectivity index is 1.96. The van der Waals surface area contributed by atoms with Crippen LogP contribution in [0.25, 0.3) is 0 Å². The maximum absolute atomic E-state index is 2.40. The van der Waals surface area contributed by atoms with Crippen molar-refractivity contribution in [3.8, 4) is 0 Å². The van der Waals surface area contributed by atoms with Crippen molar-refractivity contribution in [1.29, 1.82) is 0 Å². The summed E-state index contributed by atoms with van der Waals surface area (Å²) in [5, 5.41) is 0. The van der Waals surface area contributed by atoms with Crippen LogP contribution in [0.1, 0.15) is 17.9 Å². The molecule has 2 aliphatic rings. The Morgan fingerprint density at radius 1 is 1.12 bits per heavy atom. The lowest BCUT2D eigenvalue weighted by Gasteiger charge is -2.21. The van der Waals surface area contributed by atoms with Gasteiger partial charge in [0, 0.05) is 19.0 Å². The molecule has 1 unspecified atom stereocenters. The molecular weight excluding hydrogens is 194 g/mol. The second-order valence-electron chi connectivity index (χ2n) is 4.82. The average Bonchev–Trinajstić information content (AvgIpc) is 2.70. The Morgan fingerprint density at radius 3 is 2.75 bits per heavy atom. The van der Waals surface area contributed by atoms with E-state index in [2.05, 4.69) is 54.4 Å². The minimum absolute atomic E-state index is 0.617. The summed E-state index contributed by atoms with van der Waals surface area (Å²) in [5.41, 5.74) is 4.65. The van der Waals surface area contributed by atoms with Crippen LogP contribution >= 0.6 is 0 Å². The molecular formula is C15H17N. The van der Waals surface area contributed by atoms with Gasteiger partial charge in [0.25, 0.3) is 0 Å². The zero-order valence-corrected chi connectivity index (χ0v) is 9.69. The molecule has 1 aromatic rings. The van der Waals surface area contributed by atoms with E-state index < -0.39 is 0 Å². The lowest BCUT2D eigenvalue weighted by molar-refractivity contribution is 0.421. The molecule has 1 heteroatoms. The fourth-order valence-corrected chi connectivity index (χ4v) is 2.85. The third kappa shape index (κ3) is 1.61. The fraction of sp³-hybridized carbons (Fsp3) is 0.333. The number of hydrogen-bond acceptors (Lipinski definition) is 1. The third-order valence-corrected chi connectivity index (χ3v) is 3.61. The van der Waals surface area contributed by atoms with E-state index >= 15 is 0 Å². The lowest BCUT2D eigenvalue weighted by atomic mass is 9.83. The van der Waals surface area contributed by atoms with Crippen molar-refractivity contribution < 1.29 is 0 Å². The van der Waals surface area contributed by atoms with Crippen LogP contribution in [0.5, 0.6) is 0 Å². The van der Waals surface area contributed by atoms with E-state index in [1.165, 1.54) is 5.56 Å². The van der Waals surface area contributed by atoms with Gasteiger partial charge in [-0.25, -0.2) is 0 Å². The second kappa shape index (κ2) is 3.91. The van der Waals surface area contributed by atoms with E-state index in [1.54, 1.807) is 11.1 Å². The molecule has 0 amide bonds. The van der Waals surface area contributed by atoms with Crippen molar-refractivity contribution in [2.24, 2.45) is 0 Å². The summed E-state index contributed by atoms with van der Waals surface area (Å²) >= 11 is 0. The number of benzene rings is 1. The van der Waals surface area contributed by atoms with Crippen LogP contribution in [0.3, 0.4) is 0 Å². The first-order valence-electron chi connectivity index (χ1n) is 5.96. The predicted octanol–water partition coefficient (Wildman–Crippen LogP) is 2.97. The molecule has 0 spiro atoms. The van der Waals surface area contributed by atoms with Gasteiger partial charge in [-0.2, -0.15) is 0 Å². The Bertz CT molecular complexity index is 442. The van der Waals surface area contributed by atoms with Crippen molar-refractivity contribution in [2.45, 2.75) is 12.3 Å². The van der Waals surface area contributed by atoms with Gasteiger partial charge in [-0.15, -0.1) is 0 Å². The topological polar surface area (TPSA) is 3.24 Å². The maximum atomic E-state index is 2.40. The van der Waals surface area contributed by atoms with Crippen LogP contribution in [-0.2, 0) is 0 Å². The molecule has 82 valence electrons. The lowest BCUT2D eigenvalue weighted by Crippen LogP contribution is -2.15. The van der Waals surface area contributed by atoms with E-state index in [-0.39, 0.29) is 0 Å². The standard InChI is InChI=1S/C15H17N/c1-16-10-13-8-5-9-14(15(13)11-16)12-6-3-2-4-7-12/h2-8,14H,9-11H2,1H3. The van der Waals surface area contributed by atoms with Crippen molar-refractivity contribution in [1.82, 2.24) is 4.90 Å². The number of allylic oxidation sites excluding steroid dienone is 1. The third-order valence-electron chi connectivity index (χ3n) is 3.61. The van der Waals surface area contributed by atoms with Gasteiger partial charge >= 0.3 is 0 Å². The molecule has 0 aromatic heterocycles. The van der Waals surface area contributed by atoms with E-state index in [9.17, 15) is 0 Å². The molecule has 1 atom stereocenters. The summed E-state index contributed by atoms with van der Waals surface area (Å²) in [6.45, 7) is 2.26. The van der Waals surface area contributed by atoms with E-state index in [4.69, 9.17) is 0 Å². The average molecular weight is 211 g/mol. The second-order valence-corrected chi connectivity index (χ2v) is 4.82. The minimum atomic E-state index is 0.617. The Hall–Kier alpha value is -1.34. The highest BCUT2D eigenvalue weighted by Crippen LogP contribution is 2.37. The molecule has 0 N–H and O–H groups in total. The van der Waals surface area contributed by atoms with Gasteiger partial charge in [-0.1, -0.05) is 42.5 Å². The number of likely N-dealkylation sites (N-methyl/N-ethyl adjacent to an activating group) is 1. The van der Waals surface area contributed by atoms with Crippen molar-refractivity contribution in [3.63, 3.8) is 0 Å². The van der Waals surface area contributed by atoms with Crippen LogP contribution < -0.4 is 0 Å². The first kappa shape index (κ1) is 9.86. The molecule has 0 saturated heterocycles. The van der Waals surface area contributed by atoms with E-state index in [0.717, 1.165) is 19.5 Å². The summed E-state index contributed by atoms with van der Waals surface area (Å²) in [5.74, 6) is 0.617. The molecule has 0 saturated carbocycles. The Morgan fingerprint density at radius 2 is 1.94 bits per heavy atom. The number of nitrogens with zero attached hydrogens (tertiary/aromatic N) is 1. The zero-order chi connectivity index (χ0) is 11.0. The largest absolute Gasteiger partial charge is 0.298 e. The first-order chi connectivity index (χ1) is 7.84. The summed E-state index contributed by atoms with van der Waals surface area (Å²) in [6, 6.07) is 10.9. The monoisotopic (exact) mass is 211 g/mol. The maximum Gasteiger partial charge on any atom is 0.0234 e. The fourth-order valence-electron chi connectivity index (χ4n) is 2.85. The van der Waals surface area contributed by atoms with Gasteiger partial charge in [-0.3, -0.25) is 4.90 Å². The van der Waals surface area contributed by atoms with Gasteiger partial charge < -0.3 is 0 Å². The molecule has 0 bridgehead atoms. The van der Waals surface area contributed by atoms with Crippen LogP contribution in [0.4, 0.5) is 0 Å². The summed E-state index contributed by atoms with van der Waals surface area (Å²) in [4.78, 5) is 2.40. The van der Waals surface area contributed by atoms with Gasteiger partial charge in [-0.05, 0) is 30.2 Å². The highest BCUT2D eigenvalue weighted by molar-refractivity contribution is 5.43. The minimum Gasteiger partial charge on any atom is -0.298 e. The van der Waals surface area contributed by atoms with Crippen molar-refractivity contribution >= 4 is 0 Å². The van der Waals surface area contributed by atoms with Gasteiger partial charge in [0.1, 0.15) is 0 Å². The molecule has 16 heavy (non-hydrogen) atoms. The molecule has 1 heterocycles. The van der Waals surface area contributed by atoms with Crippen LogP contribution in [0.2, 0.25) is 0 Å². The predicted molar refractivity (Wildman–Crippen MR) is 67.5 cm³/mol. The highest BCUT2D eigenvalue weighted by Gasteiger charge is 2.26. The molecule has 1 aliphatic heterocycles. The molecule has 1 aromatic carbocycles. The van der Waals surface area contributed by atoms with Gasteiger partial charge in [0.05, 0.1) is 0 Å². The van der Waals surface area contributed by atoms with Crippen LogP contribution in [0, 0.1) is 0 Å². The summed E-state index contributed by atoms with van der Waals surface area (Å²) in [7, 11) is 2.20. The number of rotatable bonds is 1. The summed E-state index contributed by atoms with van der Waals surface area (Å²) in [6.07, 6.45) is 5.81. The highest BCUT2D eigenvalue weighted by atomic mass is 15.1. The normalized spacial score (nSPS) is 24.9. The molecule has 0 fully saturated rings. The van der Waals surface area contributed by atoms with Gasteiger partial charge in [0.2, 0.25) is 0 Å². The zero-order valence-electron chi connectivity index (χ0n) is 9.69. The SMILES string of the molecule is CN1CC2=C(C1)C(c1ccccc1)CC=C2. The Kier molecular flexibility index (Phi) is 2.41.